The average molecular weight is 465 g/mol. The normalized spacial score (nSPS) is 25.0. The molecule has 2 amide bonds. The highest BCUT2D eigenvalue weighted by Crippen LogP contribution is 2.63. The Labute approximate surface area is 197 Å². The fourth-order valence-corrected chi connectivity index (χ4v) is 5.74. The van der Waals surface area contributed by atoms with Gasteiger partial charge in [0.05, 0.1) is 12.0 Å². The number of methoxy groups -OCH3 is 1. The zero-order valence-electron chi connectivity index (χ0n) is 19.0. The molecule has 0 heterocycles. The lowest BCUT2D eigenvalue weighted by atomic mass is 9.98. The minimum atomic E-state index is -1.13. The summed E-state index contributed by atoms with van der Waals surface area (Å²) in [6.07, 6.45) is 1.37. The van der Waals surface area contributed by atoms with E-state index < -0.39 is 23.5 Å². The van der Waals surface area contributed by atoms with Crippen LogP contribution in [0.15, 0.2) is 48.5 Å². The Hall–Kier alpha value is -3.39. The first-order valence-electron chi connectivity index (χ1n) is 11.6. The monoisotopic (exact) mass is 464 g/mol. The number of alkyl carbamates (subject to hydrolysis) is 1. The molecule has 0 saturated heterocycles. The van der Waals surface area contributed by atoms with Gasteiger partial charge in [-0.1, -0.05) is 48.5 Å². The lowest BCUT2D eigenvalue weighted by Gasteiger charge is -2.21. The average Bonchev–Trinajstić information content (AvgIpc) is 3.25. The molecule has 8 heteroatoms. The van der Waals surface area contributed by atoms with Gasteiger partial charge in [-0.15, -0.1) is 0 Å². The number of aliphatic carboxylic acids is 1. The number of amides is 2. The number of fused-ring (bicyclic) bond motifs is 4. The third-order valence-corrected chi connectivity index (χ3v) is 7.47. The third kappa shape index (κ3) is 3.92. The Morgan fingerprint density at radius 1 is 1.06 bits per heavy atom. The molecule has 8 nitrogen and oxygen atoms in total. The summed E-state index contributed by atoms with van der Waals surface area (Å²) in [4.78, 5) is 36.7. The molecule has 4 atom stereocenters. The summed E-state index contributed by atoms with van der Waals surface area (Å²) in [5.74, 6) is -1.28. The fraction of sp³-hybridized carbons (Fsp3) is 0.423. The summed E-state index contributed by atoms with van der Waals surface area (Å²) >= 11 is 0. The molecular formula is C26H28N2O6. The van der Waals surface area contributed by atoms with Crippen molar-refractivity contribution < 1.29 is 29.0 Å². The molecule has 3 aliphatic rings. The predicted octanol–water partition coefficient (Wildman–Crippen LogP) is 2.91. The second kappa shape index (κ2) is 8.76. The Morgan fingerprint density at radius 2 is 1.71 bits per heavy atom. The zero-order valence-corrected chi connectivity index (χ0v) is 19.0. The van der Waals surface area contributed by atoms with E-state index in [0.29, 0.717) is 19.3 Å². The molecule has 1 unspecified atom stereocenters. The van der Waals surface area contributed by atoms with Crippen LogP contribution in [0.4, 0.5) is 4.79 Å². The number of carbonyl (C=O) groups excluding carboxylic acids is 2. The van der Waals surface area contributed by atoms with Crippen molar-refractivity contribution in [1.82, 2.24) is 10.6 Å². The molecule has 0 spiro atoms. The molecule has 178 valence electrons. The van der Waals surface area contributed by atoms with Crippen molar-refractivity contribution in [2.75, 3.05) is 20.3 Å². The highest BCUT2D eigenvalue weighted by Gasteiger charge is 2.65. The zero-order chi connectivity index (χ0) is 23.9. The highest BCUT2D eigenvalue weighted by molar-refractivity contribution is 5.90. The summed E-state index contributed by atoms with van der Waals surface area (Å²) in [7, 11) is 1.39. The summed E-state index contributed by atoms with van der Waals surface area (Å²) in [6, 6.07) is 15.1. The second-order valence-corrected chi connectivity index (χ2v) is 9.48. The van der Waals surface area contributed by atoms with Crippen molar-refractivity contribution in [3.8, 4) is 11.1 Å². The number of ether oxygens (including phenoxy) is 2. The molecule has 2 aromatic rings. The van der Waals surface area contributed by atoms with E-state index in [-0.39, 0.29) is 37.0 Å². The van der Waals surface area contributed by atoms with Gasteiger partial charge in [0, 0.05) is 19.1 Å². The van der Waals surface area contributed by atoms with Gasteiger partial charge < -0.3 is 25.2 Å². The predicted molar refractivity (Wildman–Crippen MR) is 123 cm³/mol. The van der Waals surface area contributed by atoms with Crippen LogP contribution in [-0.2, 0) is 19.1 Å². The first-order valence-corrected chi connectivity index (χ1v) is 11.6. The Balaban J connectivity index is 1.17. The van der Waals surface area contributed by atoms with Crippen LogP contribution in [0.1, 0.15) is 36.3 Å². The molecule has 2 fully saturated rings. The van der Waals surface area contributed by atoms with Crippen LogP contribution in [0, 0.1) is 11.3 Å². The number of nitrogens with one attached hydrogen (secondary N) is 2. The van der Waals surface area contributed by atoms with Crippen molar-refractivity contribution in [2.45, 2.75) is 37.3 Å². The number of carboxylic acids is 1. The van der Waals surface area contributed by atoms with Crippen molar-refractivity contribution in [2.24, 2.45) is 11.3 Å². The van der Waals surface area contributed by atoms with Crippen LogP contribution in [0.25, 0.3) is 11.1 Å². The molecule has 3 N–H and O–H groups in total. The molecule has 0 bridgehead atoms. The van der Waals surface area contributed by atoms with Crippen LogP contribution in [0.2, 0.25) is 0 Å². The molecule has 2 saturated carbocycles. The number of rotatable bonds is 8. The molecule has 3 aliphatic carbocycles. The van der Waals surface area contributed by atoms with E-state index in [0.717, 1.165) is 11.1 Å². The van der Waals surface area contributed by atoms with Crippen molar-refractivity contribution in [3.05, 3.63) is 59.7 Å². The number of benzene rings is 2. The maximum absolute atomic E-state index is 12.8. The van der Waals surface area contributed by atoms with Gasteiger partial charge in [0.15, 0.2) is 6.04 Å². The lowest BCUT2D eigenvalue weighted by molar-refractivity contribution is -0.144. The fourth-order valence-electron chi connectivity index (χ4n) is 5.74. The van der Waals surface area contributed by atoms with E-state index in [9.17, 15) is 19.5 Å². The van der Waals surface area contributed by atoms with Crippen molar-refractivity contribution in [1.29, 1.82) is 0 Å². The van der Waals surface area contributed by atoms with E-state index in [1.165, 1.54) is 18.2 Å². The minimum absolute atomic E-state index is 0.0130. The smallest absolute Gasteiger partial charge is 0.407 e. The standard InChI is InChI=1S/C26H28N2O6/c1-33-14-22(23(29)30)28-24(31)26-11-15(26)10-16(12-26)27-25(32)34-13-21-19-8-4-2-6-17(19)18-7-3-5-9-20(18)21/h2-9,15-16,21-22H,10-14H2,1H3,(H,27,32)(H,28,31)(H,29,30)/t15-,16+,22?,26+/m1/s1. The van der Waals surface area contributed by atoms with E-state index >= 15 is 0 Å². The van der Waals surface area contributed by atoms with Gasteiger partial charge in [-0.05, 0) is 47.4 Å². The largest absolute Gasteiger partial charge is 0.480 e. The van der Waals surface area contributed by atoms with E-state index in [1.807, 2.05) is 24.3 Å². The number of carboxylic acid groups (broad SMARTS) is 1. The van der Waals surface area contributed by atoms with Gasteiger partial charge in [0.2, 0.25) is 5.91 Å². The van der Waals surface area contributed by atoms with Crippen molar-refractivity contribution in [3.63, 3.8) is 0 Å². The van der Waals surface area contributed by atoms with E-state index in [4.69, 9.17) is 9.47 Å². The van der Waals surface area contributed by atoms with Gasteiger partial charge in [0.1, 0.15) is 6.61 Å². The Bertz CT molecular complexity index is 1090. The molecule has 0 aromatic heterocycles. The van der Waals surface area contributed by atoms with Gasteiger partial charge in [-0.2, -0.15) is 0 Å². The van der Waals surface area contributed by atoms with Gasteiger partial charge in [-0.25, -0.2) is 9.59 Å². The molecular weight excluding hydrogens is 436 g/mol. The lowest BCUT2D eigenvalue weighted by Crippen LogP contribution is -2.47. The maximum Gasteiger partial charge on any atom is 0.407 e. The molecule has 0 aliphatic heterocycles. The molecule has 5 rings (SSSR count). The van der Waals surface area contributed by atoms with Gasteiger partial charge in [-0.3, -0.25) is 4.79 Å². The SMILES string of the molecule is COCC(NC(=O)[C@@]12C[C@@H](NC(=O)OCC3c4ccccc4-c4ccccc43)C[C@@H]1C2)C(=O)O. The van der Waals surface area contributed by atoms with Crippen LogP contribution in [0.5, 0.6) is 0 Å². The number of carbonyl (C=O) groups is 3. The Kier molecular flexibility index (Phi) is 5.77. The van der Waals surface area contributed by atoms with E-state index in [1.54, 1.807) is 0 Å². The highest BCUT2D eigenvalue weighted by atomic mass is 16.5. The minimum Gasteiger partial charge on any atom is -0.480 e. The van der Waals surface area contributed by atoms with Crippen LogP contribution in [0.3, 0.4) is 0 Å². The van der Waals surface area contributed by atoms with Crippen LogP contribution < -0.4 is 10.6 Å². The number of hydrogen-bond acceptors (Lipinski definition) is 5. The van der Waals surface area contributed by atoms with Crippen LogP contribution >= 0.6 is 0 Å². The summed E-state index contributed by atoms with van der Waals surface area (Å²) < 4.78 is 10.5. The topological polar surface area (TPSA) is 114 Å². The number of hydrogen-bond donors (Lipinski definition) is 3. The third-order valence-electron chi connectivity index (χ3n) is 7.47. The molecule has 34 heavy (non-hydrogen) atoms. The summed E-state index contributed by atoms with van der Waals surface area (Å²) in [5.41, 5.74) is 4.03. The van der Waals surface area contributed by atoms with E-state index in [2.05, 4.69) is 34.9 Å². The first-order chi connectivity index (χ1) is 16.4. The Morgan fingerprint density at radius 3 is 2.32 bits per heavy atom. The molecule has 2 aromatic carbocycles. The van der Waals surface area contributed by atoms with Crippen LogP contribution in [-0.4, -0.2) is 55.5 Å². The first kappa shape index (κ1) is 22.4. The van der Waals surface area contributed by atoms with Gasteiger partial charge >= 0.3 is 12.1 Å². The quantitative estimate of drug-likeness (QED) is 0.554. The molecule has 0 radical (unpaired) electrons. The van der Waals surface area contributed by atoms with Gasteiger partial charge in [0.25, 0.3) is 0 Å². The summed E-state index contributed by atoms with van der Waals surface area (Å²) in [6.45, 7) is 0.141. The van der Waals surface area contributed by atoms with Crippen molar-refractivity contribution >= 4 is 18.0 Å². The maximum atomic E-state index is 12.8. The summed E-state index contributed by atoms with van der Waals surface area (Å²) in [5, 5.41) is 14.8. The second-order valence-electron chi connectivity index (χ2n) is 9.48.